The molecule has 54 heavy (non-hydrogen) atoms. The van der Waals surface area contributed by atoms with Gasteiger partial charge in [0, 0.05) is 43.5 Å². The van der Waals surface area contributed by atoms with Crippen LogP contribution < -0.4 is 9.64 Å². The summed E-state index contributed by atoms with van der Waals surface area (Å²) in [4.78, 5) is 12.3. The van der Waals surface area contributed by atoms with Crippen molar-refractivity contribution in [2.24, 2.45) is 4.99 Å². The van der Waals surface area contributed by atoms with Crippen molar-refractivity contribution in [3.05, 3.63) is 141 Å². The molecule has 0 unspecified atom stereocenters. The molecule has 0 amide bonds. The third kappa shape index (κ3) is 5.93. The smallest absolute Gasteiger partial charge is 0.511 e. The predicted molar refractivity (Wildman–Crippen MR) is 216 cm³/mol. The zero-order chi connectivity index (χ0) is 39.6. The molecule has 2 atom stereocenters. The maximum atomic E-state index is 9.40. The van der Waals surface area contributed by atoms with Gasteiger partial charge in [-0.05, 0) is 84.5 Å². The van der Waals surface area contributed by atoms with Crippen molar-refractivity contribution in [3.63, 3.8) is 0 Å². The number of rotatable bonds is 5. The van der Waals surface area contributed by atoms with E-state index in [9.17, 15) is 2.74 Å². The van der Waals surface area contributed by atoms with E-state index in [0.29, 0.717) is 28.5 Å². The molecule has 4 aromatic carbocycles. The molecule has 2 aliphatic heterocycles. The molecular weight excluding hydrogens is 846 g/mol. The number of fused-ring (bicyclic) bond motifs is 5. The summed E-state index contributed by atoms with van der Waals surface area (Å²) < 4.78 is 32.2. The van der Waals surface area contributed by atoms with Crippen LogP contribution in [0.1, 0.15) is 127 Å². The Morgan fingerprint density at radius 1 is 0.889 bits per heavy atom. The first kappa shape index (κ1) is 35.5. The van der Waals surface area contributed by atoms with Gasteiger partial charge in [0.25, 0.3) is 0 Å². The van der Waals surface area contributed by atoms with Crippen LogP contribution in [0.25, 0.3) is 0 Å². The van der Waals surface area contributed by atoms with E-state index < -0.39 is 17.5 Å². The van der Waals surface area contributed by atoms with Crippen LogP contribution >= 0.6 is 0 Å². The first-order valence-corrected chi connectivity index (χ1v) is 18.8. The topological polar surface area (TPSA) is 47.0 Å². The number of benzene rings is 4. The number of pyridine rings is 1. The Morgan fingerprint density at radius 2 is 1.63 bits per heavy atom. The van der Waals surface area contributed by atoms with Gasteiger partial charge >= 0.3 is 21.1 Å². The Bertz CT molecular complexity index is 2450. The van der Waals surface area contributed by atoms with E-state index in [1.165, 1.54) is 11.1 Å². The van der Waals surface area contributed by atoms with E-state index in [4.69, 9.17) is 19.5 Å². The Balaban J connectivity index is 0.00000480. The van der Waals surface area contributed by atoms with Crippen molar-refractivity contribution in [3.8, 4) is 11.5 Å². The molecule has 3 heterocycles. The summed E-state index contributed by atoms with van der Waals surface area (Å²) in [5, 5.41) is 0. The molecule has 0 fully saturated rings. The fourth-order valence-corrected chi connectivity index (χ4v) is 8.11. The zero-order valence-corrected chi connectivity index (χ0v) is 35.8. The van der Waals surface area contributed by atoms with Crippen LogP contribution in [-0.2, 0) is 48.5 Å². The number of nitrogens with zero attached hydrogens (tertiary/aromatic N) is 3. The molecule has 0 N–H and O–H groups in total. The van der Waals surface area contributed by atoms with Gasteiger partial charge in [-0.1, -0.05) is 109 Å². The minimum atomic E-state index is -1.77. The van der Waals surface area contributed by atoms with Gasteiger partial charge in [-0.2, -0.15) is 5.56 Å². The molecule has 5 aromatic rings. The van der Waals surface area contributed by atoms with Crippen LogP contribution in [0.4, 0.5) is 17.2 Å². The second kappa shape index (κ2) is 12.9. The Labute approximate surface area is 339 Å². The average molecular weight is 899 g/mol. The van der Waals surface area contributed by atoms with Gasteiger partial charge in [0.1, 0.15) is 22.9 Å². The Hall–Kier alpha value is -4.21. The largest absolute Gasteiger partial charge is 2.00 e. The number of aryl methyl sites for hydroxylation is 2. The number of ether oxygens (including phenoxy) is 2. The maximum absolute atomic E-state index is 9.40. The zero-order valence-electron chi connectivity index (χ0n) is 35.5. The fourth-order valence-electron chi connectivity index (χ4n) is 8.11. The SMILES string of the molecule is [2H]C1([2H])c2c(ccc(C)c2C)[C@@]2(C)N=C(c3[c-]c(Oc4[c-]c(N5c6ccc(C(C)(C)C)cc6C(C)(C)c6cccnc65)cc(C)c4)cc(C(C)C)c3)O[C@@]12C.[Pt+2]. The van der Waals surface area contributed by atoms with Crippen LogP contribution in [-0.4, -0.2) is 16.5 Å². The number of hydrogen-bond acceptors (Lipinski definition) is 5. The second-order valence-electron chi connectivity index (χ2n) is 17.4. The van der Waals surface area contributed by atoms with Crippen molar-refractivity contribution in [2.75, 3.05) is 4.90 Å². The van der Waals surface area contributed by atoms with Crippen LogP contribution in [0.2, 0.25) is 0 Å². The number of hydrogen-bond donors (Lipinski definition) is 0. The van der Waals surface area contributed by atoms with Gasteiger partial charge < -0.3 is 14.4 Å². The molecule has 5 nitrogen and oxygen atoms in total. The summed E-state index contributed by atoms with van der Waals surface area (Å²) >= 11 is 0. The van der Waals surface area contributed by atoms with Gasteiger partial charge in [0.2, 0.25) is 0 Å². The van der Waals surface area contributed by atoms with E-state index in [-0.39, 0.29) is 37.8 Å². The van der Waals surface area contributed by atoms with E-state index in [0.717, 1.165) is 50.6 Å². The van der Waals surface area contributed by atoms with Gasteiger partial charge in [-0.25, -0.2) is 4.98 Å². The number of aromatic nitrogens is 1. The maximum Gasteiger partial charge on any atom is 2.00 e. The second-order valence-corrected chi connectivity index (χ2v) is 17.4. The predicted octanol–water partition coefficient (Wildman–Crippen LogP) is 11.9. The molecule has 0 saturated carbocycles. The molecule has 6 heteroatoms. The minimum Gasteiger partial charge on any atom is -0.511 e. The van der Waals surface area contributed by atoms with Gasteiger partial charge in [-0.15, -0.1) is 29.8 Å². The first-order valence-electron chi connectivity index (χ1n) is 19.8. The van der Waals surface area contributed by atoms with E-state index in [1.807, 2.05) is 64.2 Å². The summed E-state index contributed by atoms with van der Waals surface area (Å²) in [5.74, 6) is 2.48. The minimum absolute atomic E-state index is 0. The molecule has 0 bridgehead atoms. The third-order valence-corrected chi connectivity index (χ3v) is 11.8. The molecule has 0 spiro atoms. The molecule has 3 aliphatic rings. The monoisotopic (exact) mass is 898 g/mol. The fraction of sp³-hybridized carbons (Fsp3) is 0.375. The van der Waals surface area contributed by atoms with Gasteiger partial charge in [0.05, 0.1) is 0 Å². The quantitative estimate of drug-likeness (QED) is 0.165. The standard InChI is InChI=1S/C48H51N3O2.Pt/c1-28(2)32-22-33(44-50-48(12)39-17-15-30(4)31(5)38(39)27-47(48,11)53-44)24-37(23-32)52-36-21-29(3)20-35(26-36)51-42-18-16-34(45(6,7)8)25-41(42)46(9,10)40-14-13-19-49-43(40)51;/h13-23,25,28H,27H2,1-12H3;/q-2;+2/t47-,48+;/m0./s1/i27D2;. The molecule has 0 radical (unpaired) electrons. The van der Waals surface area contributed by atoms with Gasteiger partial charge in [0.15, 0.2) is 0 Å². The number of aliphatic imine (C=N–C) groups is 1. The third-order valence-electron chi connectivity index (χ3n) is 11.8. The van der Waals surface area contributed by atoms with E-state index in [2.05, 4.69) is 109 Å². The summed E-state index contributed by atoms with van der Waals surface area (Å²) in [5.41, 5.74) is 9.36. The van der Waals surface area contributed by atoms with Crippen molar-refractivity contribution < 1.29 is 33.3 Å². The molecule has 280 valence electrons. The molecule has 1 aliphatic carbocycles. The Kier molecular flexibility index (Phi) is 8.50. The first-order chi connectivity index (χ1) is 25.7. The summed E-state index contributed by atoms with van der Waals surface area (Å²) in [7, 11) is 0. The van der Waals surface area contributed by atoms with Gasteiger partial charge in [-0.3, -0.25) is 4.99 Å². The van der Waals surface area contributed by atoms with Crippen LogP contribution in [0.3, 0.4) is 0 Å². The van der Waals surface area contributed by atoms with Crippen LogP contribution in [0.15, 0.2) is 77.9 Å². The summed E-state index contributed by atoms with van der Waals surface area (Å²) in [6.07, 6.45) is 0.0804. The van der Waals surface area contributed by atoms with Crippen LogP contribution in [0, 0.1) is 32.9 Å². The average Bonchev–Trinajstić information content (AvgIpc) is 3.46. The van der Waals surface area contributed by atoms with Crippen molar-refractivity contribution in [1.82, 2.24) is 4.98 Å². The molecule has 0 saturated heterocycles. The van der Waals surface area contributed by atoms with Crippen LogP contribution in [0.5, 0.6) is 11.5 Å². The number of anilines is 3. The van der Waals surface area contributed by atoms with E-state index in [1.54, 1.807) is 0 Å². The molecular formula is C48H51N3O2Pt. The normalized spacial score (nSPS) is 22.2. The van der Waals surface area contributed by atoms with Crippen molar-refractivity contribution >= 4 is 23.1 Å². The molecule has 8 rings (SSSR count). The van der Waals surface area contributed by atoms with E-state index >= 15 is 0 Å². The Morgan fingerprint density at radius 3 is 2.35 bits per heavy atom. The summed E-state index contributed by atoms with van der Waals surface area (Å²) in [6, 6.07) is 30.3. The summed E-state index contributed by atoms with van der Waals surface area (Å²) in [6.45, 7) is 25.5. The molecule has 1 aromatic heterocycles. The van der Waals surface area contributed by atoms with Crippen molar-refractivity contribution in [1.29, 1.82) is 0 Å². The van der Waals surface area contributed by atoms with Crippen molar-refractivity contribution in [2.45, 2.75) is 117 Å².